The number of sulfonamides is 2. The summed E-state index contributed by atoms with van der Waals surface area (Å²) >= 11 is 0. The minimum atomic E-state index is -3.29. The van der Waals surface area contributed by atoms with E-state index in [2.05, 4.69) is 14.3 Å². The highest BCUT2D eigenvalue weighted by atomic mass is 32.2. The molecule has 0 aliphatic carbocycles. The molecule has 0 bridgehead atoms. The van der Waals surface area contributed by atoms with E-state index in [0.29, 0.717) is 23.7 Å². The van der Waals surface area contributed by atoms with Gasteiger partial charge in [-0.15, -0.1) is 0 Å². The van der Waals surface area contributed by atoms with Crippen molar-refractivity contribution in [2.45, 2.75) is 6.42 Å². The minimum absolute atomic E-state index is 0.495. The van der Waals surface area contributed by atoms with Crippen molar-refractivity contribution in [3.8, 4) is 5.75 Å². The number of anilines is 2. The molecular weight excluding hydrogens is 415 g/mol. The van der Waals surface area contributed by atoms with Gasteiger partial charge in [0.2, 0.25) is 20.0 Å². The van der Waals surface area contributed by atoms with Crippen LogP contribution in [0.3, 0.4) is 0 Å². The summed E-state index contributed by atoms with van der Waals surface area (Å²) in [5.74, 6) is 0.673. The lowest BCUT2D eigenvalue weighted by atomic mass is 10.1. The van der Waals surface area contributed by atoms with Crippen LogP contribution in [-0.2, 0) is 26.5 Å². The first-order valence-electron chi connectivity index (χ1n) is 8.96. The lowest BCUT2D eigenvalue weighted by Gasteiger charge is -2.17. The SMILES string of the molecule is CN(CCOc1ccc(NS([13CH3])(=O)=O)cc1)CCc1ccc(NS(C)(=O)=O)cc1. The first kappa shape index (κ1) is 23.0. The minimum Gasteiger partial charge on any atom is -0.492 e. The van der Waals surface area contributed by atoms with Gasteiger partial charge in [0.1, 0.15) is 12.4 Å². The van der Waals surface area contributed by atoms with Crippen LogP contribution in [-0.4, -0.2) is 61.0 Å². The largest absolute Gasteiger partial charge is 0.492 e. The number of nitrogens with one attached hydrogen (secondary N) is 2. The Morgan fingerprint density at radius 3 is 1.76 bits per heavy atom. The zero-order chi connectivity index (χ0) is 21.5. The van der Waals surface area contributed by atoms with Crippen LogP contribution in [0.15, 0.2) is 48.5 Å². The summed E-state index contributed by atoms with van der Waals surface area (Å²) in [5.41, 5.74) is 2.16. The standard InChI is InChI=1S/C19H27N3O5S2/c1-22(13-12-16-4-6-17(7-5-16)20-28(2,23)24)14-15-27-19-10-8-18(9-11-19)21-29(3,25)26/h4-11,20-21H,12-15H2,1-3H3/i3+1. The van der Waals surface area contributed by atoms with Crippen LogP contribution in [0.5, 0.6) is 5.75 Å². The molecule has 0 spiro atoms. The van der Waals surface area contributed by atoms with E-state index < -0.39 is 20.0 Å². The number of benzene rings is 2. The van der Waals surface area contributed by atoms with Crippen molar-refractivity contribution in [1.82, 2.24) is 4.90 Å². The van der Waals surface area contributed by atoms with Crippen LogP contribution in [0.2, 0.25) is 0 Å². The Bertz CT molecular complexity index is 989. The van der Waals surface area contributed by atoms with E-state index in [9.17, 15) is 16.8 Å². The predicted octanol–water partition coefficient (Wildman–Crippen LogP) is 1.98. The Labute approximate surface area is 173 Å². The fourth-order valence-electron chi connectivity index (χ4n) is 2.54. The second-order valence-electron chi connectivity index (χ2n) is 6.87. The molecule has 0 aliphatic rings. The Morgan fingerprint density at radius 2 is 1.28 bits per heavy atom. The van der Waals surface area contributed by atoms with Gasteiger partial charge in [-0.25, -0.2) is 16.8 Å². The molecule has 0 amide bonds. The smallest absolute Gasteiger partial charge is 0.229 e. The first-order chi connectivity index (χ1) is 13.5. The molecule has 0 heterocycles. The third kappa shape index (κ3) is 9.64. The second-order valence-corrected chi connectivity index (χ2v) is 10.4. The molecule has 29 heavy (non-hydrogen) atoms. The van der Waals surface area contributed by atoms with Gasteiger partial charge in [0.25, 0.3) is 0 Å². The summed E-state index contributed by atoms with van der Waals surface area (Å²) in [6.45, 7) is 2.07. The highest BCUT2D eigenvalue weighted by Crippen LogP contribution is 2.16. The molecule has 8 nitrogen and oxygen atoms in total. The van der Waals surface area contributed by atoms with Crippen molar-refractivity contribution in [3.63, 3.8) is 0 Å². The van der Waals surface area contributed by atoms with Crippen molar-refractivity contribution < 1.29 is 21.6 Å². The molecule has 2 N–H and O–H groups in total. The molecule has 10 heteroatoms. The summed E-state index contributed by atoms with van der Waals surface area (Å²) in [6, 6.07) is 14.1. The Morgan fingerprint density at radius 1 is 0.793 bits per heavy atom. The fourth-order valence-corrected chi connectivity index (χ4v) is 3.67. The molecule has 0 radical (unpaired) electrons. The fraction of sp³-hybridized carbons (Fsp3) is 0.368. The molecule has 0 fully saturated rings. The maximum atomic E-state index is 11.2. The summed E-state index contributed by atoms with van der Waals surface area (Å²) in [7, 11) is -4.55. The van der Waals surface area contributed by atoms with Crippen molar-refractivity contribution in [2.75, 3.05) is 48.7 Å². The van der Waals surface area contributed by atoms with Gasteiger partial charge in [-0.3, -0.25) is 9.44 Å². The van der Waals surface area contributed by atoms with Crippen LogP contribution < -0.4 is 14.2 Å². The molecule has 0 saturated heterocycles. The molecule has 2 aromatic carbocycles. The van der Waals surface area contributed by atoms with Crippen LogP contribution in [0.25, 0.3) is 0 Å². The molecular formula is C19H27N3O5S2. The molecule has 0 aromatic heterocycles. The van der Waals surface area contributed by atoms with Crippen molar-refractivity contribution >= 4 is 31.4 Å². The number of hydrogen-bond acceptors (Lipinski definition) is 6. The van der Waals surface area contributed by atoms with Gasteiger partial charge in [0, 0.05) is 24.5 Å². The third-order valence-corrected chi connectivity index (χ3v) is 5.15. The van der Waals surface area contributed by atoms with E-state index in [-0.39, 0.29) is 0 Å². The van der Waals surface area contributed by atoms with Gasteiger partial charge in [-0.1, -0.05) is 12.1 Å². The molecule has 0 saturated carbocycles. The van der Waals surface area contributed by atoms with Crippen LogP contribution >= 0.6 is 0 Å². The molecule has 160 valence electrons. The molecule has 0 atom stereocenters. The normalized spacial score (nSPS) is 12.0. The zero-order valence-electron chi connectivity index (χ0n) is 16.8. The van der Waals surface area contributed by atoms with E-state index in [1.807, 2.05) is 19.2 Å². The maximum Gasteiger partial charge on any atom is 0.229 e. The first-order valence-corrected chi connectivity index (χ1v) is 12.7. The zero-order valence-corrected chi connectivity index (χ0v) is 18.4. The monoisotopic (exact) mass is 442 g/mol. The van der Waals surface area contributed by atoms with Crippen LogP contribution in [0.4, 0.5) is 11.4 Å². The quantitative estimate of drug-likeness (QED) is 0.516. The maximum absolute atomic E-state index is 11.2. The topological polar surface area (TPSA) is 105 Å². The van der Waals surface area contributed by atoms with Gasteiger partial charge in [-0.2, -0.15) is 0 Å². The number of likely N-dealkylation sites (N-methyl/N-ethyl adjacent to an activating group) is 1. The van der Waals surface area contributed by atoms with Crippen LogP contribution in [0.1, 0.15) is 5.56 Å². The summed E-state index contributed by atoms with van der Waals surface area (Å²) in [6.07, 6.45) is 3.06. The van der Waals surface area contributed by atoms with Crippen molar-refractivity contribution in [1.29, 1.82) is 0 Å². The van der Waals surface area contributed by atoms with E-state index >= 15 is 0 Å². The summed E-state index contributed by atoms with van der Waals surface area (Å²) < 4.78 is 55.4. The lowest BCUT2D eigenvalue weighted by molar-refractivity contribution is 0.239. The van der Waals surface area contributed by atoms with Gasteiger partial charge in [-0.05, 0) is 55.4 Å². The van der Waals surface area contributed by atoms with Crippen LogP contribution in [0, 0.1) is 0 Å². The van der Waals surface area contributed by atoms with E-state index in [4.69, 9.17) is 4.74 Å². The summed E-state index contributed by atoms with van der Waals surface area (Å²) in [4.78, 5) is 2.14. The molecule has 2 rings (SSSR count). The number of rotatable bonds is 11. The van der Waals surface area contributed by atoms with Gasteiger partial charge in [0.05, 0.1) is 12.5 Å². The molecule has 2 aromatic rings. The van der Waals surface area contributed by atoms with Gasteiger partial charge >= 0.3 is 0 Å². The van der Waals surface area contributed by atoms with E-state index in [0.717, 1.165) is 37.6 Å². The van der Waals surface area contributed by atoms with Gasteiger partial charge in [0.15, 0.2) is 0 Å². The van der Waals surface area contributed by atoms with E-state index in [1.54, 1.807) is 36.4 Å². The Balaban J connectivity index is 1.71. The van der Waals surface area contributed by atoms with Gasteiger partial charge < -0.3 is 9.64 Å². The Hall–Kier alpha value is -2.30. The highest BCUT2D eigenvalue weighted by Gasteiger charge is 2.05. The van der Waals surface area contributed by atoms with Crippen molar-refractivity contribution in [3.05, 3.63) is 54.1 Å². The molecule has 0 unspecified atom stereocenters. The average molecular weight is 443 g/mol. The second kappa shape index (κ2) is 9.95. The summed E-state index contributed by atoms with van der Waals surface area (Å²) in [5, 5.41) is 0. The number of hydrogen-bond donors (Lipinski definition) is 2. The number of ether oxygens (including phenoxy) is 1. The lowest BCUT2D eigenvalue weighted by Crippen LogP contribution is -2.26. The third-order valence-electron chi connectivity index (χ3n) is 3.94. The Kier molecular flexibility index (Phi) is 7.88. The number of nitrogens with zero attached hydrogens (tertiary/aromatic N) is 1. The molecule has 0 aliphatic heterocycles. The average Bonchev–Trinajstić information content (AvgIpc) is 2.60. The van der Waals surface area contributed by atoms with E-state index in [1.165, 1.54) is 0 Å². The highest BCUT2D eigenvalue weighted by molar-refractivity contribution is 7.92. The van der Waals surface area contributed by atoms with Crippen molar-refractivity contribution in [2.24, 2.45) is 0 Å². The predicted molar refractivity (Wildman–Crippen MR) is 117 cm³/mol.